The molecule has 0 bridgehead atoms. The van der Waals surface area contributed by atoms with E-state index in [1.807, 2.05) is 11.0 Å². The van der Waals surface area contributed by atoms with Crippen molar-refractivity contribution in [1.82, 2.24) is 9.97 Å². The number of amides is 1. The maximum atomic E-state index is 13.2. The summed E-state index contributed by atoms with van der Waals surface area (Å²) in [7, 11) is 0. The highest BCUT2D eigenvalue weighted by atomic mass is 79.9. The van der Waals surface area contributed by atoms with Gasteiger partial charge in [0.15, 0.2) is 0 Å². The number of anilines is 2. The molecule has 0 spiro atoms. The second-order valence-corrected chi connectivity index (χ2v) is 6.35. The largest absolute Gasteiger partial charge is 0.356 e. The summed E-state index contributed by atoms with van der Waals surface area (Å²) in [6, 6.07) is 8.36. The van der Waals surface area contributed by atoms with Gasteiger partial charge in [-0.3, -0.25) is 4.79 Å². The topological polar surface area (TPSA) is 58.1 Å². The molecule has 0 aromatic carbocycles. The van der Waals surface area contributed by atoms with Crippen molar-refractivity contribution in [2.24, 2.45) is 5.92 Å². The summed E-state index contributed by atoms with van der Waals surface area (Å²) in [6.45, 7) is 1.37. The molecular formula is C16H16BrFN4O. The lowest BCUT2D eigenvalue weighted by molar-refractivity contribution is -0.120. The van der Waals surface area contributed by atoms with Crippen molar-refractivity contribution in [3.63, 3.8) is 0 Å². The van der Waals surface area contributed by atoms with Gasteiger partial charge < -0.3 is 10.2 Å². The molecule has 1 aliphatic rings. The Morgan fingerprint density at radius 2 is 2.04 bits per heavy atom. The first-order chi connectivity index (χ1) is 11.1. The maximum absolute atomic E-state index is 13.2. The lowest BCUT2D eigenvalue weighted by Gasteiger charge is -2.32. The third-order valence-corrected chi connectivity index (χ3v) is 4.34. The SMILES string of the molecule is O=C(Nc1ccc(Br)cn1)C1CCN(c2cccc(F)n2)CC1. The van der Waals surface area contributed by atoms with Crippen LogP contribution in [0.4, 0.5) is 16.0 Å². The Morgan fingerprint density at radius 3 is 2.70 bits per heavy atom. The van der Waals surface area contributed by atoms with Crippen LogP contribution in [0.2, 0.25) is 0 Å². The van der Waals surface area contributed by atoms with Gasteiger partial charge in [-0.15, -0.1) is 0 Å². The number of piperidine rings is 1. The fourth-order valence-corrected chi connectivity index (χ4v) is 2.86. The third-order valence-electron chi connectivity index (χ3n) is 3.87. The summed E-state index contributed by atoms with van der Waals surface area (Å²) in [5, 5.41) is 2.84. The molecule has 5 nitrogen and oxygen atoms in total. The number of hydrogen-bond donors (Lipinski definition) is 1. The fourth-order valence-electron chi connectivity index (χ4n) is 2.62. The van der Waals surface area contributed by atoms with E-state index < -0.39 is 5.95 Å². The molecule has 0 saturated carbocycles. The number of rotatable bonds is 3. The van der Waals surface area contributed by atoms with Crippen molar-refractivity contribution in [2.45, 2.75) is 12.8 Å². The van der Waals surface area contributed by atoms with Gasteiger partial charge in [0.1, 0.15) is 11.6 Å². The van der Waals surface area contributed by atoms with Crippen molar-refractivity contribution < 1.29 is 9.18 Å². The lowest BCUT2D eigenvalue weighted by atomic mass is 9.96. The summed E-state index contributed by atoms with van der Waals surface area (Å²) >= 11 is 3.31. The Kier molecular flexibility index (Phi) is 4.85. The smallest absolute Gasteiger partial charge is 0.228 e. The minimum Gasteiger partial charge on any atom is -0.356 e. The van der Waals surface area contributed by atoms with Gasteiger partial charge in [0.25, 0.3) is 0 Å². The first kappa shape index (κ1) is 15.9. The quantitative estimate of drug-likeness (QED) is 0.832. The van der Waals surface area contributed by atoms with E-state index >= 15 is 0 Å². The van der Waals surface area contributed by atoms with Gasteiger partial charge in [0.05, 0.1) is 0 Å². The van der Waals surface area contributed by atoms with Crippen molar-refractivity contribution >= 4 is 33.5 Å². The third kappa shape index (κ3) is 4.04. The Morgan fingerprint density at radius 1 is 1.26 bits per heavy atom. The van der Waals surface area contributed by atoms with Gasteiger partial charge in [-0.05, 0) is 53.0 Å². The van der Waals surface area contributed by atoms with E-state index in [-0.39, 0.29) is 11.8 Å². The van der Waals surface area contributed by atoms with E-state index in [1.54, 1.807) is 24.4 Å². The van der Waals surface area contributed by atoms with Crippen LogP contribution in [0.5, 0.6) is 0 Å². The Labute approximate surface area is 142 Å². The second kappa shape index (κ2) is 7.04. The van der Waals surface area contributed by atoms with Gasteiger partial charge >= 0.3 is 0 Å². The zero-order chi connectivity index (χ0) is 16.2. The zero-order valence-electron chi connectivity index (χ0n) is 12.4. The summed E-state index contributed by atoms with van der Waals surface area (Å²) in [6.07, 6.45) is 3.06. The van der Waals surface area contributed by atoms with Gasteiger partial charge in [-0.2, -0.15) is 4.39 Å². The Bertz CT molecular complexity index is 687. The molecule has 1 N–H and O–H groups in total. The molecule has 1 aliphatic heterocycles. The van der Waals surface area contributed by atoms with Gasteiger partial charge in [0.2, 0.25) is 11.9 Å². The number of nitrogens with one attached hydrogen (secondary N) is 1. The van der Waals surface area contributed by atoms with Crippen LogP contribution in [0, 0.1) is 11.9 Å². The van der Waals surface area contributed by atoms with Crippen LogP contribution in [-0.2, 0) is 4.79 Å². The molecule has 0 aliphatic carbocycles. The standard InChI is InChI=1S/C16H16BrFN4O/c17-12-4-5-14(19-10-12)21-16(23)11-6-8-22(9-7-11)15-3-1-2-13(18)20-15/h1-5,10-11H,6-9H2,(H,19,21,23). The van der Waals surface area contributed by atoms with Crippen LogP contribution in [0.15, 0.2) is 41.0 Å². The van der Waals surface area contributed by atoms with Crippen LogP contribution in [0.3, 0.4) is 0 Å². The molecule has 2 aromatic heterocycles. The van der Waals surface area contributed by atoms with E-state index in [1.165, 1.54) is 6.07 Å². The van der Waals surface area contributed by atoms with E-state index in [4.69, 9.17) is 0 Å². The number of halogens is 2. The van der Waals surface area contributed by atoms with Crippen molar-refractivity contribution in [2.75, 3.05) is 23.3 Å². The summed E-state index contributed by atoms with van der Waals surface area (Å²) in [5.41, 5.74) is 0. The van der Waals surface area contributed by atoms with E-state index in [9.17, 15) is 9.18 Å². The molecule has 0 unspecified atom stereocenters. The summed E-state index contributed by atoms with van der Waals surface area (Å²) in [4.78, 5) is 22.3. The fraction of sp³-hybridized carbons (Fsp3) is 0.312. The Balaban J connectivity index is 1.56. The molecule has 3 rings (SSSR count). The number of carbonyl (C=O) groups is 1. The lowest BCUT2D eigenvalue weighted by Crippen LogP contribution is -2.38. The predicted molar refractivity (Wildman–Crippen MR) is 89.7 cm³/mol. The molecule has 0 atom stereocenters. The van der Waals surface area contributed by atoms with Crippen LogP contribution in [-0.4, -0.2) is 29.0 Å². The molecule has 23 heavy (non-hydrogen) atoms. The zero-order valence-corrected chi connectivity index (χ0v) is 14.0. The summed E-state index contributed by atoms with van der Waals surface area (Å²) < 4.78 is 14.1. The number of pyridine rings is 2. The molecule has 0 radical (unpaired) electrons. The van der Waals surface area contributed by atoms with Crippen molar-refractivity contribution in [3.05, 3.63) is 46.9 Å². The first-order valence-electron chi connectivity index (χ1n) is 7.42. The highest BCUT2D eigenvalue weighted by molar-refractivity contribution is 9.10. The molecule has 3 heterocycles. The first-order valence-corrected chi connectivity index (χ1v) is 8.21. The van der Waals surface area contributed by atoms with Gasteiger partial charge in [-0.25, -0.2) is 9.97 Å². The normalized spacial score (nSPS) is 15.5. The van der Waals surface area contributed by atoms with E-state index in [2.05, 4.69) is 31.2 Å². The highest BCUT2D eigenvalue weighted by Crippen LogP contribution is 2.23. The van der Waals surface area contributed by atoms with Crippen LogP contribution < -0.4 is 10.2 Å². The van der Waals surface area contributed by atoms with Crippen molar-refractivity contribution in [3.8, 4) is 0 Å². The van der Waals surface area contributed by atoms with Crippen LogP contribution >= 0.6 is 15.9 Å². The number of carbonyl (C=O) groups excluding carboxylic acids is 1. The highest BCUT2D eigenvalue weighted by Gasteiger charge is 2.26. The second-order valence-electron chi connectivity index (χ2n) is 5.43. The Hall–Kier alpha value is -2.02. The summed E-state index contributed by atoms with van der Waals surface area (Å²) in [5.74, 6) is 0.603. The predicted octanol–water partition coefficient (Wildman–Crippen LogP) is 3.23. The number of nitrogens with zero attached hydrogens (tertiary/aromatic N) is 3. The van der Waals surface area contributed by atoms with Crippen molar-refractivity contribution in [1.29, 1.82) is 0 Å². The van der Waals surface area contributed by atoms with E-state index in [0.29, 0.717) is 37.6 Å². The average molecular weight is 379 g/mol. The molecule has 1 fully saturated rings. The minimum absolute atomic E-state index is 0.0216. The van der Waals surface area contributed by atoms with Crippen LogP contribution in [0.25, 0.3) is 0 Å². The van der Waals surface area contributed by atoms with Gasteiger partial charge in [0, 0.05) is 29.7 Å². The molecule has 1 amide bonds. The number of hydrogen-bond acceptors (Lipinski definition) is 4. The van der Waals surface area contributed by atoms with E-state index in [0.717, 1.165) is 4.47 Å². The average Bonchev–Trinajstić information content (AvgIpc) is 2.57. The van der Waals surface area contributed by atoms with Crippen LogP contribution in [0.1, 0.15) is 12.8 Å². The van der Waals surface area contributed by atoms with Gasteiger partial charge in [-0.1, -0.05) is 6.07 Å². The molecule has 1 saturated heterocycles. The monoisotopic (exact) mass is 378 g/mol. The number of aromatic nitrogens is 2. The minimum atomic E-state index is -0.483. The molecule has 2 aromatic rings. The molecule has 120 valence electrons. The molecular weight excluding hydrogens is 363 g/mol. The maximum Gasteiger partial charge on any atom is 0.228 e. The molecule has 7 heteroatoms.